The second kappa shape index (κ2) is 6.85. The van der Waals surface area contributed by atoms with Gasteiger partial charge < -0.3 is 11.1 Å². The van der Waals surface area contributed by atoms with Crippen LogP contribution in [0.25, 0.3) is 0 Å². The van der Waals surface area contributed by atoms with Crippen LogP contribution in [0, 0.1) is 0 Å². The van der Waals surface area contributed by atoms with E-state index in [1.807, 2.05) is 20.8 Å². The van der Waals surface area contributed by atoms with Crippen LogP contribution in [0.5, 0.6) is 0 Å². The molecule has 0 radical (unpaired) electrons. The van der Waals surface area contributed by atoms with Crippen LogP contribution < -0.4 is 11.1 Å². The highest BCUT2D eigenvalue weighted by Gasteiger charge is 2.17. The van der Waals surface area contributed by atoms with E-state index >= 15 is 0 Å². The van der Waals surface area contributed by atoms with Gasteiger partial charge in [-0.25, -0.2) is 8.42 Å². The molecule has 1 amide bonds. The van der Waals surface area contributed by atoms with Gasteiger partial charge in [0.25, 0.3) is 0 Å². The standard InChI is InChI=1S/C10H22N2O3S/c1-4-9(11)7-16(14,15)6-5-10(13)12-8(2)3/h8-9H,4-7,11H2,1-3H3,(H,12,13). The van der Waals surface area contributed by atoms with Gasteiger partial charge in [-0.05, 0) is 20.3 Å². The van der Waals surface area contributed by atoms with Crippen LogP contribution in [0.2, 0.25) is 0 Å². The van der Waals surface area contributed by atoms with Crippen LogP contribution >= 0.6 is 0 Å². The van der Waals surface area contributed by atoms with Gasteiger partial charge in [0.2, 0.25) is 5.91 Å². The summed E-state index contributed by atoms with van der Waals surface area (Å²) in [6.07, 6.45) is 0.633. The van der Waals surface area contributed by atoms with E-state index in [9.17, 15) is 13.2 Å². The Bertz CT molecular complexity index is 312. The number of amides is 1. The lowest BCUT2D eigenvalue weighted by Crippen LogP contribution is -2.34. The van der Waals surface area contributed by atoms with E-state index in [1.54, 1.807) is 0 Å². The fraction of sp³-hybridized carbons (Fsp3) is 0.900. The van der Waals surface area contributed by atoms with Crippen LogP contribution in [0.1, 0.15) is 33.6 Å². The van der Waals surface area contributed by atoms with Crippen molar-refractivity contribution in [3.8, 4) is 0 Å². The molecule has 0 fully saturated rings. The predicted octanol–water partition coefficient (Wildman–Crippen LogP) is 0.0532. The maximum absolute atomic E-state index is 11.5. The fourth-order valence-corrected chi connectivity index (χ4v) is 2.72. The second-order valence-corrected chi connectivity index (χ2v) is 6.48. The number of nitrogens with two attached hydrogens (primary N) is 1. The van der Waals surface area contributed by atoms with Crippen molar-refractivity contribution < 1.29 is 13.2 Å². The first kappa shape index (κ1) is 15.4. The maximum Gasteiger partial charge on any atom is 0.221 e. The van der Waals surface area contributed by atoms with Crippen LogP contribution in [-0.2, 0) is 14.6 Å². The van der Waals surface area contributed by atoms with Gasteiger partial charge in [0.05, 0.1) is 11.5 Å². The van der Waals surface area contributed by atoms with E-state index < -0.39 is 9.84 Å². The first-order chi connectivity index (χ1) is 7.26. The molecule has 3 N–H and O–H groups in total. The molecule has 0 aromatic carbocycles. The monoisotopic (exact) mass is 250 g/mol. The zero-order valence-electron chi connectivity index (χ0n) is 10.2. The fourth-order valence-electron chi connectivity index (χ4n) is 1.17. The molecular weight excluding hydrogens is 228 g/mol. The van der Waals surface area contributed by atoms with Crippen molar-refractivity contribution in [3.05, 3.63) is 0 Å². The lowest BCUT2D eigenvalue weighted by molar-refractivity contribution is -0.121. The molecule has 96 valence electrons. The van der Waals surface area contributed by atoms with Gasteiger partial charge in [-0.15, -0.1) is 0 Å². The molecule has 0 aromatic rings. The summed E-state index contributed by atoms with van der Waals surface area (Å²) in [5.41, 5.74) is 5.57. The molecule has 0 saturated carbocycles. The van der Waals surface area contributed by atoms with Gasteiger partial charge in [-0.1, -0.05) is 6.92 Å². The number of carbonyl (C=O) groups is 1. The number of sulfone groups is 1. The van der Waals surface area contributed by atoms with E-state index in [0.717, 1.165) is 0 Å². The highest BCUT2D eigenvalue weighted by Crippen LogP contribution is 1.99. The number of nitrogens with one attached hydrogen (secondary N) is 1. The summed E-state index contributed by atoms with van der Waals surface area (Å²) in [5, 5.41) is 2.65. The number of hydrogen-bond donors (Lipinski definition) is 2. The summed E-state index contributed by atoms with van der Waals surface area (Å²) < 4.78 is 23.1. The highest BCUT2D eigenvalue weighted by atomic mass is 32.2. The molecule has 6 heteroatoms. The molecule has 1 unspecified atom stereocenters. The summed E-state index contributed by atoms with van der Waals surface area (Å²) in [4.78, 5) is 11.2. The smallest absolute Gasteiger partial charge is 0.221 e. The van der Waals surface area contributed by atoms with Crippen LogP contribution in [0.3, 0.4) is 0 Å². The van der Waals surface area contributed by atoms with Crippen LogP contribution in [0.4, 0.5) is 0 Å². The Morgan fingerprint density at radius 2 is 1.94 bits per heavy atom. The van der Waals surface area contributed by atoms with Crippen molar-refractivity contribution in [3.63, 3.8) is 0 Å². The largest absolute Gasteiger partial charge is 0.354 e. The Morgan fingerprint density at radius 1 is 1.38 bits per heavy atom. The molecule has 0 heterocycles. The van der Waals surface area contributed by atoms with E-state index in [2.05, 4.69) is 5.32 Å². The molecular formula is C10H22N2O3S. The lowest BCUT2D eigenvalue weighted by Gasteiger charge is -2.11. The summed E-state index contributed by atoms with van der Waals surface area (Å²) in [6.45, 7) is 5.50. The molecule has 0 aromatic heterocycles. The average Bonchev–Trinajstić information content (AvgIpc) is 2.13. The van der Waals surface area contributed by atoms with E-state index in [0.29, 0.717) is 6.42 Å². The van der Waals surface area contributed by atoms with Gasteiger partial charge >= 0.3 is 0 Å². The summed E-state index contributed by atoms with van der Waals surface area (Å²) >= 11 is 0. The third-order valence-corrected chi connectivity index (χ3v) is 3.84. The van der Waals surface area contributed by atoms with Gasteiger partial charge in [0, 0.05) is 18.5 Å². The zero-order chi connectivity index (χ0) is 12.8. The van der Waals surface area contributed by atoms with Crippen molar-refractivity contribution in [2.75, 3.05) is 11.5 Å². The first-order valence-corrected chi connectivity index (χ1v) is 7.34. The van der Waals surface area contributed by atoms with Crippen LogP contribution in [0.15, 0.2) is 0 Å². The van der Waals surface area contributed by atoms with Crippen molar-refractivity contribution in [2.24, 2.45) is 5.73 Å². The molecule has 16 heavy (non-hydrogen) atoms. The lowest BCUT2D eigenvalue weighted by atomic mass is 10.3. The first-order valence-electron chi connectivity index (χ1n) is 5.52. The quantitative estimate of drug-likeness (QED) is 0.668. The van der Waals surface area contributed by atoms with Gasteiger partial charge in [0.15, 0.2) is 9.84 Å². The number of rotatable bonds is 7. The average molecular weight is 250 g/mol. The topological polar surface area (TPSA) is 89.3 Å². The summed E-state index contributed by atoms with van der Waals surface area (Å²) in [6, 6.07) is -0.300. The SMILES string of the molecule is CCC(N)CS(=O)(=O)CCC(=O)NC(C)C. The Kier molecular flexibility index (Phi) is 6.59. The molecule has 1 atom stereocenters. The maximum atomic E-state index is 11.5. The minimum absolute atomic E-state index is 0.0109. The second-order valence-electron chi connectivity index (χ2n) is 4.25. The molecule has 0 bridgehead atoms. The van der Waals surface area contributed by atoms with Crippen LogP contribution in [-0.4, -0.2) is 37.9 Å². The summed E-state index contributed by atoms with van der Waals surface area (Å²) in [5.74, 6) is -0.402. The molecule has 0 saturated heterocycles. The molecule has 5 nitrogen and oxygen atoms in total. The third-order valence-electron chi connectivity index (χ3n) is 2.08. The molecule has 0 aliphatic heterocycles. The van der Waals surface area contributed by atoms with Crippen molar-refractivity contribution in [1.29, 1.82) is 0 Å². The molecule has 0 spiro atoms. The Hall–Kier alpha value is -0.620. The van der Waals surface area contributed by atoms with E-state index in [1.165, 1.54) is 0 Å². The predicted molar refractivity (Wildman–Crippen MR) is 64.8 cm³/mol. The van der Waals surface area contributed by atoms with E-state index in [4.69, 9.17) is 5.73 Å². The minimum Gasteiger partial charge on any atom is -0.354 e. The van der Waals surface area contributed by atoms with Crippen molar-refractivity contribution >= 4 is 15.7 Å². The van der Waals surface area contributed by atoms with Gasteiger partial charge in [-0.2, -0.15) is 0 Å². The van der Waals surface area contributed by atoms with Crippen molar-refractivity contribution in [1.82, 2.24) is 5.32 Å². The Balaban J connectivity index is 4.04. The van der Waals surface area contributed by atoms with Gasteiger partial charge in [0.1, 0.15) is 0 Å². The van der Waals surface area contributed by atoms with Gasteiger partial charge in [-0.3, -0.25) is 4.79 Å². The van der Waals surface area contributed by atoms with E-state index in [-0.39, 0.29) is 35.9 Å². The third kappa shape index (κ3) is 7.64. The highest BCUT2D eigenvalue weighted by molar-refractivity contribution is 7.91. The molecule has 0 aliphatic carbocycles. The molecule has 0 aliphatic rings. The minimum atomic E-state index is -3.21. The Morgan fingerprint density at radius 3 is 2.38 bits per heavy atom. The number of carbonyl (C=O) groups excluding carboxylic acids is 1. The summed E-state index contributed by atoms with van der Waals surface area (Å²) in [7, 11) is -3.21. The Labute approximate surface area is 97.7 Å². The number of hydrogen-bond acceptors (Lipinski definition) is 4. The molecule has 0 rings (SSSR count). The van der Waals surface area contributed by atoms with Crippen molar-refractivity contribution in [2.45, 2.75) is 45.7 Å². The normalized spacial score (nSPS) is 13.8. The zero-order valence-corrected chi connectivity index (χ0v) is 11.0.